The fraction of sp³-hybridized carbons (Fsp3) is 0.481. The lowest BCUT2D eigenvalue weighted by Crippen LogP contribution is -3.13. The molecule has 178 valence electrons. The fourth-order valence-corrected chi connectivity index (χ4v) is 5.52. The molecule has 6 heteroatoms. The van der Waals surface area contributed by atoms with E-state index in [1.165, 1.54) is 0 Å². The van der Waals surface area contributed by atoms with E-state index >= 15 is 0 Å². The lowest BCUT2D eigenvalue weighted by atomic mass is 10.1. The van der Waals surface area contributed by atoms with Crippen LogP contribution in [0.25, 0.3) is 0 Å². The molecule has 0 fully saturated rings. The van der Waals surface area contributed by atoms with Crippen LogP contribution >= 0.6 is 11.8 Å². The van der Waals surface area contributed by atoms with Gasteiger partial charge in [0.1, 0.15) is 0 Å². The Morgan fingerprint density at radius 2 is 1.73 bits per heavy atom. The number of hydrogen-bond acceptors (Lipinski definition) is 3. The molecule has 5 nitrogen and oxygen atoms in total. The second-order valence-electron chi connectivity index (χ2n) is 9.64. The molecule has 33 heavy (non-hydrogen) atoms. The molecule has 2 N–H and O–H groups in total. The van der Waals surface area contributed by atoms with E-state index in [-0.39, 0.29) is 11.8 Å². The largest absolute Gasteiger partial charge is 0.352 e. The van der Waals surface area contributed by atoms with Crippen LogP contribution in [0.3, 0.4) is 0 Å². The number of amides is 2. The third-order valence-corrected chi connectivity index (χ3v) is 6.94. The van der Waals surface area contributed by atoms with Gasteiger partial charge in [-0.15, -0.1) is 0 Å². The number of fused-ring (bicyclic) bond motifs is 2. The minimum atomic E-state index is -0.0812. The average molecular weight is 469 g/mol. The first-order chi connectivity index (χ1) is 15.8. The number of rotatable bonds is 10. The molecular formula is C27H38N3O2S+. The molecule has 1 aliphatic heterocycles. The summed E-state index contributed by atoms with van der Waals surface area (Å²) in [5, 5.41) is 3.08. The highest BCUT2D eigenvalue weighted by atomic mass is 32.2. The number of carbonyl (C=O) groups excluding carboxylic acids is 2. The zero-order valence-corrected chi connectivity index (χ0v) is 21.4. The molecule has 1 aliphatic rings. The maximum absolute atomic E-state index is 13.1. The van der Waals surface area contributed by atoms with Crippen molar-refractivity contribution in [1.82, 2.24) is 5.32 Å². The highest BCUT2D eigenvalue weighted by Gasteiger charge is 2.27. The summed E-state index contributed by atoms with van der Waals surface area (Å²) in [5.74, 6) is 1.24. The number of benzene rings is 2. The zero-order valence-electron chi connectivity index (χ0n) is 20.6. The van der Waals surface area contributed by atoms with E-state index in [0.717, 1.165) is 41.5 Å². The maximum atomic E-state index is 13.1. The topological polar surface area (TPSA) is 53.9 Å². The van der Waals surface area contributed by atoms with Crippen LogP contribution < -0.4 is 15.1 Å². The highest BCUT2D eigenvalue weighted by Crippen LogP contribution is 2.41. The average Bonchev–Trinajstić information content (AvgIpc) is 2.88. The van der Waals surface area contributed by atoms with E-state index in [1.807, 2.05) is 49.4 Å². The summed E-state index contributed by atoms with van der Waals surface area (Å²) in [4.78, 5) is 31.3. The Morgan fingerprint density at radius 1 is 1.03 bits per heavy atom. The molecule has 3 rings (SSSR count). The van der Waals surface area contributed by atoms with E-state index in [9.17, 15) is 9.59 Å². The Bertz CT molecular complexity index is 964. The minimum Gasteiger partial charge on any atom is -0.352 e. The van der Waals surface area contributed by atoms with Crippen molar-refractivity contribution in [3.8, 4) is 0 Å². The number of nitrogens with zero attached hydrogens (tertiary/aromatic N) is 1. The van der Waals surface area contributed by atoms with Crippen LogP contribution in [0.1, 0.15) is 61.8 Å². The third-order valence-electron chi connectivity index (χ3n) is 5.80. The molecule has 2 amide bonds. The quantitative estimate of drug-likeness (QED) is 0.516. The Balaban J connectivity index is 1.66. The summed E-state index contributed by atoms with van der Waals surface area (Å²) in [6.45, 7) is 15.6. The van der Waals surface area contributed by atoms with Gasteiger partial charge in [-0.2, -0.15) is 0 Å². The minimum absolute atomic E-state index is 0.0183. The Kier molecular flexibility index (Phi) is 8.98. The van der Waals surface area contributed by atoms with Gasteiger partial charge in [-0.05, 0) is 37.3 Å². The van der Waals surface area contributed by atoms with Gasteiger partial charge >= 0.3 is 0 Å². The van der Waals surface area contributed by atoms with Gasteiger partial charge < -0.3 is 15.1 Å². The standard InChI is InChI=1S/C27H37N3O2S/c1-6-30-23-16-21(12-13-25(23)33-24-11-8-7-10-22(24)27(30)32)26(31)28-14-9-15-29(17-19(2)3)18-20(4)5/h7-8,10-13,16,19-20H,6,9,14-15,17-18H2,1-5H3,(H,28,31)/p+1. The van der Waals surface area contributed by atoms with Gasteiger partial charge in [-0.25, -0.2) is 0 Å². The van der Waals surface area contributed by atoms with Gasteiger partial charge in [-0.3, -0.25) is 9.59 Å². The van der Waals surface area contributed by atoms with Crippen molar-refractivity contribution in [2.24, 2.45) is 11.8 Å². The van der Waals surface area contributed by atoms with Gasteiger partial charge in [0.2, 0.25) is 0 Å². The van der Waals surface area contributed by atoms with Gasteiger partial charge in [0.25, 0.3) is 11.8 Å². The van der Waals surface area contributed by atoms with Crippen molar-refractivity contribution in [3.63, 3.8) is 0 Å². The molecular weight excluding hydrogens is 430 g/mol. The zero-order chi connectivity index (χ0) is 24.0. The molecule has 0 unspecified atom stereocenters. The van der Waals surface area contributed by atoms with Crippen LogP contribution in [-0.4, -0.2) is 44.5 Å². The molecule has 0 spiro atoms. The Morgan fingerprint density at radius 3 is 2.39 bits per heavy atom. The van der Waals surface area contributed by atoms with E-state index in [1.54, 1.807) is 21.6 Å². The molecule has 0 saturated heterocycles. The summed E-state index contributed by atoms with van der Waals surface area (Å²) in [6, 6.07) is 13.4. The van der Waals surface area contributed by atoms with E-state index in [0.29, 0.717) is 36.1 Å². The molecule has 0 atom stereocenters. The fourth-order valence-electron chi connectivity index (χ4n) is 4.46. The summed E-state index contributed by atoms with van der Waals surface area (Å²) in [6.07, 6.45) is 0.955. The monoisotopic (exact) mass is 468 g/mol. The number of quaternary nitrogens is 1. The molecule has 0 radical (unpaired) electrons. The van der Waals surface area contributed by atoms with Gasteiger partial charge in [0.15, 0.2) is 0 Å². The lowest BCUT2D eigenvalue weighted by molar-refractivity contribution is -0.906. The van der Waals surface area contributed by atoms with Crippen molar-refractivity contribution < 1.29 is 14.5 Å². The van der Waals surface area contributed by atoms with Crippen LogP contribution in [0, 0.1) is 11.8 Å². The van der Waals surface area contributed by atoms with Crippen LogP contribution in [0.2, 0.25) is 0 Å². The van der Waals surface area contributed by atoms with Crippen LogP contribution in [0.15, 0.2) is 52.3 Å². The molecule has 2 aromatic rings. The summed E-state index contributed by atoms with van der Waals surface area (Å²) in [7, 11) is 0. The second-order valence-corrected chi connectivity index (χ2v) is 10.7. The first-order valence-electron chi connectivity index (χ1n) is 12.1. The van der Waals surface area contributed by atoms with Gasteiger partial charge in [0.05, 0.1) is 30.9 Å². The summed E-state index contributed by atoms with van der Waals surface area (Å²) >= 11 is 1.58. The smallest absolute Gasteiger partial charge is 0.259 e. The summed E-state index contributed by atoms with van der Waals surface area (Å²) < 4.78 is 0. The van der Waals surface area contributed by atoms with Crippen LogP contribution in [0.5, 0.6) is 0 Å². The Hall–Kier alpha value is -2.31. The first kappa shape index (κ1) is 25.3. The normalized spacial score (nSPS) is 13.3. The van der Waals surface area contributed by atoms with Crippen molar-refractivity contribution >= 4 is 29.3 Å². The molecule has 0 aliphatic carbocycles. The van der Waals surface area contributed by atoms with E-state index in [2.05, 4.69) is 33.0 Å². The van der Waals surface area contributed by atoms with Crippen molar-refractivity contribution in [2.45, 2.75) is 50.8 Å². The predicted molar refractivity (Wildman–Crippen MR) is 137 cm³/mol. The lowest BCUT2D eigenvalue weighted by Gasteiger charge is -2.23. The number of hydrogen-bond donors (Lipinski definition) is 2. The second kappa shape index (κ2) is 11.7. The van der Waals surface area contributed by atoms with Gasteiger partial charge in [0, 0.05) is 46.7 Å². The number of carbonyl (C=O) groups is 2. The van der Waals surface area contributed by atoms with Crippen molar-refractivity contribution in [2.75, 3.05) is 37.6 Å². The molecule has 1 heterocycles. The van der Waals surface area contributed by atoms with Crippen LogP contribution in [-0.2, 0) is 0 Å². The number of nitrogens with one attached hydrogen (secondary N) is 2. The maximum Gasteiger partial charge on any atom is 0.259 e. The van der Waals surface area contributed by atoms with Crippen molar-refractivity contribution in [3.05, 3.63) is 53.6 Å². The van der Waals surface area contributed by atoms with Crippen LogP contribution in [0.4, 0.5) is 5.69 Å². The SMILES string of the molecule is CCN1C(=O)c2ccccc2Sc2ccc(C(=O)NCCC[NH+](CC(C)C)CC(C)C)cc21. The first-order valence-corrected chi connectivity index (χ1v) is 13.0. The molecule has 2 aromatic carbocycles. The summed E-state index contributed by atoms with van der Waals surface area (Å²) in [5.41, 5.74) is 2.11. The molecule has 0 aromatic heterocycles. The van der Waals surface area contributed by atoms with E-state index in [4.69, 9.17) is 0 Å². The van der Waals surface area contributed by atoms with E-state index < -0.39 is 0 Å². The Labute approximate surface area is 202 Å². The third kappa shape index (κ3) is 6.61. The number of anilines is 1. The molecule has 0 bridgehead atoms. The predicted octanol–water partition coefficient (Wildman–Crippen LogP) is 4.13. The van der Waals surface area contributed by atoms with Gasteiger partial charge in [-0.1, -0.05) is 51.6 Å². The highest BCUT2D eigenvalue weighted by molar-refractivity contribution is 7.99. The van der Waals surface area contributed by atoms with Crippen molar-refractivity contribution in [1.29, 1.82) is 0 Å². The molecule has 0 saturated carbocycles.